The third-order valence-electron chi connectivity index (χ3n) is 3.29. The third-order valence-corrected chi connectivity index (χ3v) is 3.29. The fraction of sp³-hybridized carbons (Fsp3) is 0.385. The lowest BCUT2D eigenvalue weighted by atomic mass is 9.97. The second-order valence-electron chi connectivity index (χ2n) is 4.74. The molecule has 0 aromatic heterocycles. The van der Waals surface area contributed by atoms with Gasteiger partial charge in [0.05, 0.1) is 11.6 Å². The number of halogens is 2. The molecule has 1 heterocycles. The average Bonchev–Trinajstić information content (AvgIpc) is 2.42. The van der Waals surface area contributed by atoms with E-state index in [0.29, 0.717) is 25.5 Å². The second kappa shape index (κ2) is 5.85. The Hall–Kier alpha value is -2.18. The minimum atomic E-state index is -0.832. The van der Waals surface area contributed by atoms with Gasteiger partial charge < -0.3 is 16.0 Å². The van der Waals surface area contributed by atoms with Gasteiger partial charge in [-0.25, -0.2) is 13.6 Å². The number of carbonyl (C=O) groups excluding carboxylic acids is 2. The Morgan fingerprint density at radius 2 is 2.10 bits per heavy atom. The average molecular weight is 283 g/mol. The summed E-state index contributed by atoms with van der Waals surface area (Å²) in [6.07, 6.45) is 1.26. The Bertz CT molecular complexity index is 536. The molecule has 0 unspecified atom stereocenters. The number of benzene rings is 1. The lowest BCUT2D eigenvalue weighted by molar-refractivity contribution is -0.121. The maximum atomic E-state index is 13.4. The summed E-state index contributed by atoms with van der Waals surface area (Å²) in [5.74, 6) is -2.39. The molecule has 1 aliphatic heterocycles. The number of carbonyl (C=O) groups is 2. The standard InChI is InChI=1S/C13H15F2N3O2/c14-9-3-4-11(10(15)6-9)17-12(19)8-2-1-5-18(7-8)13(16)20/h3-4,6,8H,1-2,5,7H2,(H2,16,20)(H,17,19)/t8-/m1/s1. The number of piperidine rings is 1. The summed E-state index contributed by atoms with van der Waals surface area (Å²) in [7, 11) is 0. The summed E-state index contributed by atoms with van der Waals surface area (Å²) in [5.41, 5.74) is 5.10. The zero-order valence-electron chi connectivity index (χ0n) is 10.7. The molecule has 0 spiro atoms. The molecule has 20 heavy (non-hydrogen) atoms. The van der Waals surface area contributed by atoms with E-state index < -0.39 is 29.5 Å². The molecule has 5 nitrogen and oxygen atoms in total. The SMILES string of the molecule is NC(=O)N1CCC[C@@H](C(=O)Nc2ccc(F)cc2F)C1. The van der Waals surface area contributed by atoms with Crippen LogP contribution in [0.3, 0.4) is 0 Å². The number of amides is 3. The van der Waals surface area contributed by atoms with E-state index in [2.05, 4.69) is 5.32 Å². The van der Waals surface area contributed by atoms with Crippen LogP contribution in [0, 0.1) is 17.6 Å². The minimum Gasteiger partial charge on any atom is -0.351 e. The molecule has 1 fully saturated rings. The largest absolute Gasteiger partial charge is 0.351 e. The number of hydrogen-bond acceptors (Lipinski definition) is 2. The number of rotatable bonds is 2. The van der Waals surface area contributed by atoms with Crippen LogP contribution in [0.25, 0.3) is 0 Å². The molecule has 3 amide bonds. The second-order valence-corrected chi connectivity index (χ2v) is 4.74. The number of anilines is 1. The number of nitrogens with two attached hydrogens (primary N) is 1. The van der Waals surface area contributed by atoms with Crippen LogP contribution in [-0.2, 0) is 4.79 Å². The summed E-state index contributed by atoms with van der Waals surface area (Å²) < 4.78 is 26.2. The summed E-state index contributed by atoms with van der Waals surface area (Å²) in [6.45, 7) is 0.730. The molecule has 3 N–H and O–H groups in total. The maximum absolute atomic E-state index is 13.4. The first-order chi connectivity index (χ1) is 9.47. The Kier molecular flexibility index (Phi) is 4.16. The molecule has 0 bridgehead atoms. The van der Waals surface area contributed by atoms with E-state index in [9.17, 15) is 18.4 Å². The van der Waals surface area contributed by atoms with Gasteiger partial charge >= 0.3 is 6.03 Å². The smallest absolute Gasteiger partial charge is 0.314 e. The van der Waals surface area contributed by atoms with E-state index in [-0.39, 0.29) is 12.2 Å². The highest BCUT2D eigenvalue weighted by Gasteiger charge is 2.27. The minimum absolute atomic E-state index is 0.0763. The number of urea groups is 1. The molecule has 1 atom stereocenters. The van der Waals surface area contributed by atoms with Crippen molar-refractivity contribution in [2.24, 2.45) is 11.7 Å². The first-order valence-electron chi connectivity index (χ1n) is 6.27. The van der Waals surface area contributed by atoms with Crippen LogP contribution in [0.15, 0.2) is 18.2 Å². The molecular formula is C13H15F2N3O2. The Labute approximate surface area is 114 Å². The molecule has 1 aliphatic rings. The van der Waals surface area contributed by atoms with Gasteiger partial charge in [0.15, 0.2) is 0 Å². The predicted octanol–water partition coefficient (Wildman–Crippen LogP) is 1.69. The van der Waals surface area contributed by atoms with Crippen LogP contribution >= 0.6 is 0 Å². The molecule has 0 aliphatic carbocycles. The molecule has 108 valence electrons. The van der Waals surface area contributed by atoms with Gasteiger partial charge in [0.25, 0.3) is 0 Å². The molecule has 1 saturated heterocycles. The van der Waals surface area contributed by atoms with Crippen LogP contribution in [0.4, 0.5) is 19.3 Å². The van der Waals surface area contributed by atoms with Crippen molar-refractivity contribution in [1.29, 1.82) is 0 Å². The zero-order valence-corrected chi connectivity index (χ0v) is 10.7. The van der Waals surface area contributed by atoms with Crippen LogP contribution in [0.5, 0.6) is 0 Å². The summed E-state index contributed by atoms with van der Waals surface area (Å²) in [5, 5.41) is 2.41. The lowest BCUT2D eigenvalue weighted by Gasteiger charge is -2.30. The van der Waals surface area contributed by atoms with Crippen LogP contribution < -0.4 is 11.1 Å². The first kappa shape index (κ1) is 14.2. The highest BCUT2D eigenvalue weighted by atomic mass is 19.1. The fourth-order valence-electron chi connectivity index (χ4n) is 2.22. The number of nitrogens with zero attached hydrogens (tertiary/aromatic N) is 1. The van der Waals surface area contributed by atoms with Crippen molar-refractivity contribution in [3.05, 3.63) is 29.8 Å². The molecule has 1 aromatic carbocycles. The molecule has 2 rings (SSSR count). The highest BCUT2D eigenvalue weighted by Crippen LogP contribution is 2.20. The van der Waals surface area contributed by atoms with Gasteiger partial charge in [0.1, 0.15) is 11.6 Å². The monoisotopic (exact) mass is 283 g/mol. The number of primary amides is 1. The van der Waals surface area contributed by atoms with Crippen molar-refractivity contribution < 1.29 is 18.4 Å². The molecule has 1 aromatic rings. The van der Waals surface area contributed by atoms with E-state index >= 15 is 0 Å². The molecule has 7 heteroatoms. The Morgan fingerprint density at radius 1 is 1.35 bits per heavy atom. The van der Waals surface area contributed by atoms with E-state index in [1.807, 2.05) is 0 Å². The zero-order chi connectivity index (χ0) is 14.7. The highest BCUT2D eigenvalue weighted by molar-refractivity contribution is 5.93. The molecular weight excluding hydrogens is 268 g/mol. The lowest BCUT2D eigenvalue weighted by Crippen LogP contribution is -2.46. The van der Waals surface area contributed by atoms with Gasteiger partial charge in [0.2, 0.25) is 5.91 Å². The summed E-state index contributed by atoms with van der Waals surface area (Å²) in [6, 6.07) is 2.36. The normalized spacial score (nSPS) is 18.7. The van der Waals surface area contributed by atoms with Crippen molar-refractivity contribution in [1.82, 2.24) is 4.90 Å². The Morgan fingerprint density at radius 3 is 2.75 bits per heavy atom. The van der Waals surface area contributed by atoms with Crippen LogP contribution in [0.2, 0.25) is 0 Å². The number of nitrogens with one attached hydrogen (secondary N) is 1. The van der Waals surface area contributed by atoms with Crippen molar-refractivity contribution >= 4 is 17.6 Å². The first-order valence-corrected chi connectivity index (χ1v) is 6.27. The van der Waals surface area contributed by atoms with Gasteiger partial charge in [-0.1, -0.05) is 0 Å². The van der Waals surface area contributed by atoms with Crippen LogP contribution in [-0.4, -0.2) is 29.9 Å². The summed E-state index contributed by atoms with van der Waals surface area (Å²) in [4.78, 5) is 24.5. The summed E-state index contributed by atoms with van der Waals surface area (Å²) >= 11 is 0. The third kappa shape index (κ3) is 3.23. The predicted molar refractivity (Wildman–Crippen MR) is 68.9 cm³/mol. The fourth-order valence-corrected chi connectivity index (χ4v) is 2.22. The van der Waals surface area contributed by atoms with Crippen molar-refractivity contribution in [3.63, 3.8) is 0 Å². The van der Waals surface area contributed by atoms with Gasteiger partial charge in [-0.05, 0) is 25.0 Å². The van der Waals surface area contributed by atoms with Gasteiger partial charge in [0, 0.05) is 19.2 Å². The molecule has 0 saturated carbocycles. The van der Waals surface area contributed by atoms with Crippen molar-refractivity contribution in [3.8, 4) is 0 Å². The van der Waals surface area contributed by atoms with Crippen LogP contribution in [0.1, 0.15) is 12.8 Å². The maximum Gasteiger partial charge on any atom is 0.314 e. The number of likely N-dealkylation sites (tertiary alicyclic amines) is 1. The van der Waals surface area contributed by atoms with Crippen molar-refractivity contribution in [2.75, 3.05) is 18.4 Å². The van der Waals surface area contributed by atoms with Gasteiger partial charge in [-0.3, -0.25) is 4.79 Å². The van der Waals surface area contributed by atoms with E-state index in [1.165, 1.54) is 4.90 Å². The van der Waals surface area contributed by atoms with E-state index in [4.69, 9.17) is 5.73 Å². The van der Waals surface area contributed by atoms with E-state index in [1.54, 1.807) is 0 Å². The van der Waals surface area contributed by atoms with E-state index in [0.717, 1.165) is 12.1 Å². The van der Waals surface area contributed by atoms with Crippen molar-refractivity contribution in [2.45, 2.75) is 12.8 Å². The Balaban J connectivity index is 2.02. The quantitative estimate of drug-likeness (QED) is 0.866. The number of hydrogen-bond donors (Lipinski definition) is 2. The van der Waals surface area contributed by atoms with Gasteiger partial charge in [-0.2, -0.15) is 0 Å². The molecule has 0 radical (unpaired) electrons. The topological polar surface area (TPSA) is 75.4 Å². The van der Waals surface area contributed by atoms with Gasteiger partial charge in [-0.15, -0.1) is 0 Å².